The second-order valence-corrected chi connectivity index (χ2v) is 17.5. The van der Waals surface area contributed by atoms with Gasteiger partial charge >= 0.3 is 5.97 Å². The van der Waals surface area contributed by atoms with E-state index < -0.39 is 14.3 Å². The predicted octanol–water partition coefficient (Wildman–Crippen LogP) is 7.61. The Morgan fingerprint density at radius 1 is 1.00 bits per heavy atom. The normalized spacial score (nSPS) is 13.7. The van der Waals surface area contributed by atoms with Gasteiger partial charge in [0, 0.05) is 29.1 Å². The maximum absolute atomic E-state index is 11.4. The lowest BCUT2D eigenvalue weighted by molar-refractivity contribution is 0.0691. The molecular formula is C35H46N2O5Si. The fourth-order valence-electron chi connectivity index (χ4n) is 4.90. The summed E-state index contributed by atoms with van der Waals surface area (Å²) >= 11 is 0. The smallest absolute Gasteiger partial charge is 0.352 e. The summed E-state index contributed by atoms with van der Waals surface area (Å²) in [5.41, 5.74) is 4.99. The number of ether oxygens (including phenoxy) is 1. The van der Waals surface area contributed by atoms with Crippen molar-refractivity contribution >= 4 is 25.2 Å². The van der Waals surface area contributed by atoms with Gasteiger partial charge in [-0.1, -0.05) is 70.2 Å². The van der Waals surface area contributed by atoms with Gasteiger partial charge in [0.15, 0.2) is 8.32 Å². The third-order valence-electron chi connectivity index (χ3n) is 8.59. The number of hydrogen-bond donors (Lipinski definition) is 4. The molecule has 0 aliphatic carbocycles. The zero-order chi connectivity index (χ0) is 31.2. The molecule has 0 aliphatic heterocycles. The minimum Gasteiger partial charge on any atom is -0.489 e. The molecule has 0 spiro atoms. The van der Waals surface area contributed by atoms with Crippen LogP contribution < -0.4 is 10.1 Å². The van der Waals surface area contributed by atoms with Crippen molar-refractivity contribution in [1.82, 2.24) is 10.3 Å². The third-order valence-corrected chi connectivity index (χ3v) is 13.1. The molecule has 1 heterocycles. The summed E-state index contributed by atoms with van der Waals surface area (Å²) in [5, 5.41) is 24.3. The number of fused-ring (bicyclic) bond motifs is 1. The third kappa shape index (κ3) is 8.35. The molecule has 0 radical (unpaired) electrons. The fraction of sp³-hybridized carbons (Fsp3) is 0.400. The molecule has 0 saturated carbocycles. The summed E-state index contributed by atoms with van der Waals surface area (Å²) in [6.07, 6.45) is 1.53. The van der Waals surface area contributed by atoms with Crippen LogP contribution in [0, 0.1) is 0 Å². The van der Waals surface area contributed by atoms with E-state index >= 15 is 0 Å². The quantitative estimate of drug-likeness (QED) is 0.111. The monoisotopic (exact) mass is 602 g/mol. The molecule has 230 valence electrons. The molecule has 4 rings (SSSR count). The molecular weight excluding hydrogens is 556 g/mol. The van der Waals surface area contributed by atoms with Crippen molar-refractivity contribution in [3.63, 3.8) is 0 Å². The molecule has 0 amide bonds. The summed E-state index contributed by atoms with van der Waals surface area (Å²) in [4.78, 5) is 14.3. The first kappa shape index (κ1) is 32.5. The average Bonchev–Trinajstić information content (AvgIpc) is 3.41. The maximum Gasteiger partial charge on any atom is 0.352 e. The van der Waals surface area contributed by atoms with Gasteiger partial charge < -0.3 is 29.7 Å². The second kappa shape index (κ2) is 13.9. The Hall–Kier alpha value is -3.43. The van der Waals surface area contributed by atoms with Crippen molar-refractivity contribution in [3.8, 4) is 5.75 Å². The number of aromatic amines is 1. The van der Waals surface area contributed by atoms with Crippen LogP contribution in [0.4, 0.5) is 0 Å². The van der Waals surface area contributed by atoms with Crippen LogP contribution in [0.5, 0.6) is 5.75 Å². The van der Waals surface area contributed by atoms with Gasteiger partial charge in [0.25, 0.3) is 0 Å². The minimum atomic E-state index is -2.13. The zero-order valence-electron chi connectivity index (χ0n) is 26.2. The molecule has 0 saturated heterocycles. The minimum absolute atomic E-state index is 0.0364. The Kier molecular flexibility index (Phi) is 10.5. The summed E-state index contributed by atoms with van der Waals surface area (Å²) in [6.45, 7) is 14.3. The highest BCUT2D eigenvalue weighted by molar-refractivity contribution is 6.74. The van der Waals surface area contributed by atoms with Gasteiger partial charge in [-0.2, -0.15) is 0 Å². The Balaban J connectivity index is 1.53. The van der Waals surface area contributed by atoms with Crippen LogP contribution in [0.2, 0.25) is 18.1 Å². The summed E-state index contributed by atoms with van der Waals surface area (Å²) in [6, 6.07) is 24.0. The van der Waals surface area contributed by atoms with Gasteiger partial charge in [0.05, 0.1) is 12.7 Å². The van der Waals surface area contributed by atoms with Crippen molar-refractivity contribution < 1.29 is 24.2 Å². The Labute approximate surface area is 256 Å². The molecule has 43 heavy (non-hydrogen) atoms. The lowest BCUT2D eigenvalue weighted by Gasteiger charge is -2.40. The summed E-state index contributed by atoms with van der Waals surface area (Å²) < 4.78 is 13.1. The SMILES string of the molecule is CC[C@@H](Cc1ccc2[nH]c(C(=O)O)cc2c1)NC[C@@H](O[Si](C)(C)C(C)(C)C)c1ccc(OCc2ccccc2)c(CO)c1. The Morgan fingerprint density at radius 3 is 2.40 bits per heavy atom. The van der Waals surface area contributed by atoms with Crippen LogP contribution in [0.3, 0.4) is 0 Å². The number of rotatable bonds is 14. The molecule has 1 aromatic heterocycles. The number of carboxylic acids is 1. The highest BCUT2D eigenvalue weighted by Crippen LogP contribution is 2.40. The van der Waals surface area contributed by atoms with Crippen LogP contribution in [0.15, 0.2) is 72.8 Å². The lowest BCUT2D eigenvalue weighted by atomic mass is 10.0. The first-order valence-corrected chi connectivity index (χ1v) is 18.0. The maximum atomic E-state index is 11.4. The number of aliphatic hydroxyl groups is 1. The fourth-order valence-corrected chi connectivity index (χ4v) is 6.19. The van der Waals surface area contributed by atoms with E-state index in [1.807, 2.05) is 48.5 Å². The summed E-state index contributed by atoms with van der Waals surface area (Å²) in [7, 11) is -2.13. The first-order chi connectivity index (χ1) is 20.4. The number of nitrogens with one attached hydrogen (secondary N) is 2. The van der Waals surface area contributed by atoms with Crippen molar-refractivity contribution in [2.75, 3.05) is 6.54 Å². The van der Waals surface area contributed by atoms with Crippen molar-refractivity contribution in [3.05, 3.63) is 101 Å². The number of hydrogen-bond acceptors (Lipinski definition) is 5. The van der Waals surface area contributed by atoms with Gasteiger partial charge in [0.2, 0.25) is 0 Å². The lowest BCUT2D eigenvalue weighted by Crippen LogP contribution is -2.44. The van der Waals surface area contributed by atoms with Gasteiger partial charge in [0.1, 0.15) is 18.1 Å². The average molecular weight is 603 g/mol. The first-order valence-electron chi connectivity index (χ1n) is 15.1. The van der Waals surface area contributed by atoms with Crippen LogP contribution in [0.1, 0.15) is 73.0 Å². The molecule has 4 aromatic rings. The number of carbonyl (C=O) groups is 1. The molecule has 4 N–H and O–H groups in total. The molecule has 0 aliphatic rings. The topological polar surface area (TPSA) is 104 Å². The molecule has 0 bridgehead atoms. The molecule has 0 unspecified atom stereocenters. The van der Waals surface area contributed by atoms with E-state index in [2.05, 4.69) is 69.3 Å². The Morgan fingerprint density at radius 2 is 1.74 bits per heavy atom. The molecule has 7 nitrogen and oxygen atoms in total. The van der Waals surface area contributed by atoms with E-state index in [1.54, 1.807) is 6.07 Å². The highest BCUT2D eigenvalue weighted by atomic mass is 28.4. The van der Waals surface area contributed by atoms with Crippen LogP contribution in [-0.4, -0.2) is 42.1 Å². The van der Waals surface area contributed by atoms with E-state index in [4.69, 9.17) is 9.16 Å². The van der Waals surface area contributed by atoms with E-state index in [9.17, 15) is 15.0 Å². The molecule has 8 heteroatoms. The number of aromatic nitrogens is 1. The van der Waals surface area contributed by atoms with Crippen molar-refractivity contribution in [2.24, 2.45) is 0 Å². The van der Waals surface area contributed by atoms with Crippen molar-refractivity contribution in [2.45, 2.75) is 84.0 Å². The number of H-pyrrole nitrogens is 1. The molecule has 3 aromatic carbocycles. The standard InChI is InChI=1S/C35H46N2O5Si/c1-7-29(18-25-13-15-30-27(17-25)20-31(37-30)34(39)40)36-21-33(42-43(5,6)35(2,3)4)26-14-16-32(28(19-26)22-38)41-23-24-11-9-8-10-12-24/h8-17,19-20,29,33,36-38H,7,18,21-23H2,1-6H3,(H,39,40)/t29-,33+/m0/s1. The zero-order valence-corrected chi connectivity index (χ0v) is 27.2. The Bertz CT molecular complexity index is 1510. The number of aliphatic hydroxyl groups excluding tert-OH is 1. The molecule has 0 fully saturated rings. The number of carboxylic acid groups (broad SMARTS) is 1. The van der Waals surface area contributed by atoms with Crippen LogP contribution in [0.25, 0.3) is 10.9 Å². The van der Waals surface area contributed by atoms with Crippen LogP contribution in [-0.2, 0) is 24.1 Å². The van der Waals surface area contributed by atoms with Gasteiger partial charge in [-0.15, -0.1) is 0 Å². The van der Waals surface area contributed by atoms with E-state index in [0.717, 1.165) is 46.0 Å². The largest absolute Gasteiger partial charge is 0.489 e. The predicted molar refractivity (Wildman–Crippen MR) is 175 cm³/mol. The highest BCUT2D eigenvalue weighted by Gasteiger charge is 2.39. The summed E-state index contributed by atoms with van der Waals surface area (Å²) in [5.74, 6) is -0.287. The number of benzene rings is 3. The van der Waals surface area contributed by atoms with Crippen molar-refractivity contribution in [1.29, 1.82) is 0 Å². The molecule has 2 atom stereocenters. The van der Waals surface area contributed by atoms with E-state index in [-0.39, 0.29) is 29.5 Å². The van der Waals surface area contributed by atoms with Gasteiger partial charge in [-0.05, 0) is 78.0 Å². The van der Waals surface area contributed by atoms with E-state index in [1.165, 1.54) is 0 Å². The van der Waals surface area contributed by atoms with Crippen LogP contribution >= 0.6 is 0 Å². The number of aromatic carboxylic acids is 1. The van der Waals surface area contributed by atoms with Gasteiger partial charge in [-0.3, -0.25) is 0 Å². The van der Waals surface area contributed by atoms with E-state index in [0.29, 0.717) is 18.9 Å². The van der Waals surface area contributed by atoms with Gasteiger partial charge in [-0.25, -0.2) is 4.79 Å². The second-order valence-electron chi connectivity index (χ2n) is 12.8.